The number of hydrogen-bond acceptors (Lipinski definition) is 3. The maximum Gasteiger partial charge on any atom is 0.336 e. The summed E-state index contributed by atoms with van der Waals surface area (Å²) >= 11 is 1.82. The summed E-state index contributed by atoms with van der Waals surface area (Å²) in [6, 6.07) is 7.90. The first-order chi connectivity index (χ1) is 9.66. The number of carbonyl (C=O) groups is 1. The third-order valence-electron chi connectivity index (χ3n) is 3.95. The first kappa shape index (κ1) is 13.2. The van der Waals surface area contributed by atoms with Gasteiger partial charge < -0.3 is 10.4 Å². The zero-order valence-electron chi connectivity index (χ0n) is 11.3. The van der Waals surface area contributed by atoms with Crippen LogP contribution in [0.5, 0.6) is 0 Å². The second-order valence-electron chi connectivity index (χ2n) is 5.17. The number of carboxylic acid groups (broad SMARTS) is 1. The van der Waals surface area contributed by atoms with Gasteiger partial charge >= 0.3 is 5.97 Å². The summed E-state index contributed by atoms with van der Waals surface area (Å²) in [5.41, 5.74) is 3.48. The molecule has 3 nitrogen and oxygen atoms in total. The standard InChI is InChI=1S/C16H17NO2S/c1-10-11(16(18)19)4-2-5-13(10)17-14-6-3-7-15-12(14)8-9-20-15/h2,4-5,8-9,14,17H,3,6-7H2,1H3,(H,18,19). The molecule has 2 N–H and O–H groups in total. The molecule has 0 fully saturated rings. The van der Waals surface area contributed by atoms with Crippen LogP contribution in [0.2, 0.25) is 0 Å². The number of hydrogen-bond donors (Lipinski definition) is 2. The van der Waals surface area contributed by atoms with Crippen molar-refractivity contribution in [3.63, 3.8) is 0 Å². The normalized spacial score (nSPS) is 17.6. The van der Waals surface area contributed by atoms with Gasteiger partial charge in [0.15, 0.2) is 0 Å². The molecule has 1 unspecified atom stereocenters. The van der Waals surface area contributed by atoms with Gasteiger partial charge in [-0.15, -0.1) is 11.3 Å². The van der Waals surface area contributed by atoms with Gasteiger partial charge in [0, 0.05) is 10.6 Å². The van der Waals surface area contributed by atoms with Gasteiger partial charge in [0.2, 0.25) is 0 Å². The fourth-order valence-corrected chi connectivity index (χ4v) is 3.84. The number of thiophene rings is 1. The molecule has 20 heavy (non-hydrogen) atoms. The molecule has 0 saturated carbocycles. The zero-order valence-corrected chi connectivity index (χ0v) is 12.2. The third-order valence-corrected chi connectivity index (χ3v) is 4.94. The Morgan fingerprint density at radius 2 is 2.25 bits per heavy atom. The predicted octanol–water partition coefficient (Wildman–Crippen LogP) is 4.24. The summed E-state index contributed by atoms with van der Waals surface area (Å²) in [6.45, 7) is 1.86. The van der Waals surface area contributed by atoms with E-state index in [0.717, 1.165) is 17.7 Å². The molecule has 1 aromatic carbocycles. The summed E-state index contributed by atoms with van der Waals surface area (Å²) in [7, 11) is 0. The molecular weight excluding hydrogens is 270 g/mol. The molecule has 4 heteroatoms. The Morgan fingerprint density at radius 3 is 3.05 bits per heavy atom. The van der Waals surface area contributed by atoms with Gasteiger partial charge in [-0.2, -0.15) is 0 Å². The Labute approximate surface area is 122 Å². The summed E-state index contributed by atoms with van der Waals surface area (Å²) in [4.78, 5) is 12.7. The minimum Gasteiger partial charge on any atom is -0.478 e. The predicted molar refractivity (Wildman–Crippen MR) is 81.8 cm³/mol. The van der Waals surface area contributed by atoms with Crippen LogP contribution in [0.15, 0.2) is 29.6 Å². The van der Waals surface area contributed by atoms with E-state index in [4.69, 9.17) is 0 Å². The van der Waals surface area contributed by atoms with Gasteiger partial charge in [-0.25, -0.2) is 4.79 Å². The molecule has 0 bridgehead atoms. The lowest BCUT2D eigenvalue weighted by Gasteiger charge is -2.25. The van der Waals surface area contributed by atoms with Crippen molar-refractivity contribution in [2.24, 2.45) is 0 Å². The summed E-state index contributed by atoms with van der Waals surface area (Å²) in [5.74, 6) is -0.869. The third kappa shape index (κ3) is 2.31. The van der Waals surface area contributed by atoms with Gasteiger partial charge in [0.1, 0.15) is 0 Å². The van der Waals surface area contributed by atoms with Crippen molar-refractivity contribution in [2.45, 2.75) is 32.2 Å². The number of aryl methyl sites for hydroxylation is 1. The molecule has 1 aromatic heterocycles. The number of aromatic carboxylic acids is 1. The molecule has 0 radical (unpaired) electrons. The zero-order chi connectivity index (χ0) is 14.1. The van der Waals surface area contributed by atoms with Crippen LogP contribution in [0.1, 0.15) is 45.2 Å². The number of carboxylic acids is 1. The topological polar surface area (TPSA) is 49.3 Å². The van der Waals surface area contributed by atoms with Gasteiger partial charge in [0.05, 0.1) is 11.6 Å². The van der Waals surface area contributed by atoms with Crippen LogP contribution in [0.3, 0.4) is 0 Å². The van der Waals surface area contributed by atoms with Crippen molar-refractivity contribution in [3.05, 3.63) is 51.2 Å². The molecule has 0 amide bonds. The average Bonchev–Trinajstić information content (AvgIpc) is 2.90. The van der Waals surface area contributed by atoms with E-state index in [2.05, 4.69) is 16.8 Å². The molecule has 1 aliphatic carbocycles. The van der Waals surface area contributed by atoms with Gasteiger partial charge in [-0.05, 0) is 60.9 Å². The highest BCUT2D eigenvalue weighted by molar-refractivity contribution is 7.10. The van der Waals surface area contributed by atoms with E-state index in [9.17, 15) is 9.90 Å². The van der Waals surface area contributed by atoms with E-state index in [0.29, 0.717) is 11.6 Å². The van der Waals surface area contributed by atoms with Crippen LogP contribution < -0.4 is 5.32 Å². The van der Waals surface area contributed by atoms with Crippen molar-refractivity contribution >= 4 is 23.0 Å². The maximum atomic E-state index is 11.2. The smallest absolute Gasteiger partial charge is 0.336 e. The molecule has 2 aromatic rings. The van der Waals surface area contributed by atoms with E-state index in [1.54, 1.807) is 12.1 Å². The minimum atomic E-state index is -0.869. The first-order valence-corrected chi connectivity index (χ1v) is 7.70. The average molecular weight is 287 g/mol. The van der Waals surface area contributed by atoms with Gasteiger partial charge in [0.25, 0.3) is 0 Å². The molecule has 0 aliphatic heterocycles. The molecule has 1 atom stereocenters. The van der Waals surface area contributed by atoms with E-state index in [1.165, 1.54) is 23.3 Å². The van der Waals surface area contributed by atoms with Crippen molar-refractivity contribution in [3.8, 4) is 0 Å². The Hall–Kier alpha value is -1.81. The lowest BCUT2D eigenvalue weighted by Crippen LogP contribution is -2.16. The first-order valence-electron chi connectivity index (χ1n) is 6.82. The summed E-state index contributed by atoms with van der Waals surface area (Å²) < 4.78 is 0. The van der Waals surface area contributed by atoms with Crippen molar-refractivity contribution < 1.29 is 9.90 Å². The fraction of sp³-hybridized carbons (Fsp3) is 0.312. The number of rotatable bonds is 3. The molecule has 3 rings (SSSR count). The molecule has 1 aliphatic rings. The number of fused-ring (bicyclic) bond motifs is 1. The lowest BCUT2D eigenvalue weighted by atomic mass is 9.93. The SMILES string of the molecule is Cc1c(NC2CCCc3sccc32)cccc1C(=O)O. The van der Waals surface area contributed by atoms with E-state index < -0.39 is 5.97 Å². The van der Waals surface area contributed by atoms with E-state index in [1.807, 2.05) is 24.3 Å². The van der Waals surface area contributed by atoms with Crippen LogP contribution in [0, 0.1) is 6.92 Å². The van der Waals surface area contributed by atoms with Crippen LogP contribution in [-0.4, -0.2) is 11.1 Å². The molecular formula is C16H17NO2S. The molecule has 1 heterocycles. The van der Waals surface area contributed by atoms with E-state index >= 15 is 0 Å². The Morgan fingerprint density at radius 1 is 1.40 bits per heavy atom. The van der Waals surface area contributed by atoms with Gasteiger partial charge in [-0.1, -0.05) is 6.07 Å². The maximum absolute atomic E-state index is 11.2. The lowest BCUT2D eigenvalue weighted by molar-refractivity contribution is 0.0696. The monoisotopic (exact) mass is 287 g/mol. The van der Waals surface area contributed by atoms with Crippen LogP contribution in [0.4, 0.5) is 5.69 Å². The summed E-state index contributed by atoms with van der Waals surface area (Å²) in [6.07, 6.45) is 3.45. The van der Waals surface area contributed by atoms with E-state index in [-0.39, 0.29) is 0 Å². The fourth-order valence-electron chi connectivity index (χ4n) is 2.85. The summed E-state index contributed by atoms with van der Waals surface area (Å²) in [5, 5.41) is 14.9. The van der Waals surface area contributed by atoms with Crippen LogP contribution in [0.25, 0.3) is 0 Å². The largest absolute Gasteiger partial charge is 0.478 e. The molecule has 0 saturated heterocycles. The second kappa shape index (κ2) is 5.29. The minimum absolute atomic E-state index is 0.299. The van der Waals surface area contributed by atoms with Crippen LogP contribution >= 0.6 is 11.3 Å². The van der Waals surface area contributed by atoms with Gasteiger partial charge in [-0.3, -0.25) is 0 Å². The molecule has 104 valence electrons. The Kier molecular flexibility index (Phi) is 3.49. The Bertz CT molecular complexity index is 648. The van der Waals surface area contributed by atoms with Crippen molar-refractivity contribution in [1.29, 1.82) is 0 Å². The van der Waals surface area contributed by atoms with Crippen molar-refractivity contribution in [2.75, 3.05) is 5.32 Å². The highest BCUT2D eigenvalue weighted by atomic mass is 32.1. The Balaban J connectivity index is 1.90. The number of nitrogens with one attached hydrogen (secondary N) is 1. The second-order valence-corrected chi connectivity index (χ2v) is 6.17. The number of benzene rings is 1. The number of anilines is 1. The highest BCUT2D eigenvalue weighted by Gasteiger charge is 2.22. The van der Waals surface area contributed by atoms with Crippen LogP contribution in [-0.2, 0) is 6.42 Å². The van der Waals surface area contributed by atoms with Crippen molar-refractivity contribution in [1.82, 2.24) is 0 Å². The quantitative estimate of drug-likeness (QED) is 0.887. The molecule has 0 spiro atoms. The highest BCUT2D eigenvalue weighted by Crippen LogP contribution is 2.36.